The van der Waals surface area contributed by atoms with Gasteiger partial charge in [0.05, 0.1) is 0 Å². The van der Waals surface area contributed by atoms with Gasteiger partial charge in [-0.05, 0) is 0 Å². The Labute approximate surface area is 66.7 Å². The van der Waals surface area contributed by atoms with Gasteiger partial charge in [0.2, 0.25) is 0 Å². The van der Waals surface area contributed by atoms with Crippen LogP contribution in [-0.4, -0.2) is 25.7 Å². The first kappa shape index (κ1) is 10.4. The fourth-order valence-electron chi connectivity index (χ4n) is 1.56. The Hall–Kier alpha value is 0.430. The van der Waals surface area contributed by atoms with Gasteiger partial charge in [0.25, 0.3) is 0 Å². The fourth-order valence-corrected chi connectivity index (χ4v) is 4.68. The average Bonchev–Trinajstić information content (AvgIpc) is 1.60. The van der Waals surface area contributed by atoms with Crippen LogP contribution >= 0.6 is 7.26 Å². The van der Waals surface area contributed by atoms with Crippen LogP contribution in [0.1, 0.15) is 27.7 Å². The van der Waals surface area contributed by atoms with Crippen LogP contribution in [0.3, 0.4) is 0 Å². The fraction of sp³-hybridized carbons (Fsp3) is 1.00. The molecule has 0 aromatic carbocycles. The molecule has 10 heavy (non-hydrogen) atoms. The molecule has 1 heteroatoms. The second-order valence-corrected chi connectivity index (χ2v) is 10.6. The summed E-state index contributed by atoms with van der Waals surface area (Å²) in [6.07, 6.45) is 2.88. The van der Waals surface area contributed by atoms with Gasteiger partial charge in [-0.1, -0.05) is 0 Å². The van der Waals surface area contributed by atoms with Crippen molar-refractivity contribution in [2.75, 3.05) is 25.7 Å². The third-order valence-electron chi connectivity index (χ3n) is 1.97. The van der Waals surface area contributed by atoms with Gasteiger partial charge in [0, 0.05) is 0 Å². The predicted molar refractivity (Wildman–Crippen MR) is 55.0 cm³/mol. The van der Waals surface area contributed by atoms with Crippen LogP contribution in [0, 0.1) is 5.41 Å². The molecular weight excluding hydrogens is 139 g/mol. The Morgan fingerprint density at radius 2 is 1.50 bits per heavy atom. The van der Waals surface area contributed by atoms with Crippen LogP contribution in [-0.2, 0) is 0 Å². The standard InChI is InChI=1S/C9H23P/c1-7-10(5,6)8-9(2,3)4/h10H,7-8H2,1-6H3. The van der Waals surface area contributed by atoms with E-state index in [0.717, 1.165) is 0 Å². The third-order valence-corrected chi connectivity index (χ3v) is 5.90. The zero-order chi connectivity index (χ0) is 8.41. The molecule has 64 valence electrons. The van der Waals surface area contributed by atoms with Crippen molar-refractivity contribution in [3.63, 3.8) is 0 Å². The summed E-state index contributed by atoms with van der Waals surface area (Å²) in [5, 5.41) is 0. The first-order chi connectivity index (χ1) is 4.27. The molecule has 0 aliphatic rings. The van der Waals surface area contributed by atoms with Crippen molar-refractivity contribution in [2.45, 2.75) is 27.7 Å². The molecule has 0 spiro atoms. The van der Waals surface area contributed by atoms with Gasteiger partial charge < -0.3 is 0 Å². The van der Waals surface area contributed by atoms with Gasteiger partial charge in [-0.15, -0.1) is 0 Å². The molecule has 0 unspecified atom stereocenters. The molecule has 0 rings (SSSR count). The average molecular weight is 162 g/mol. The molecule has 0 aliphatic carbocycles. The maximum absolute atomic E-state index is 2.48. The Bertz CT molecular complexity index is 97.8. The summed E-state index contributed by atoms with van der Waals surface area (Å²) >= 11 is 0. The predicted octanol–water partition coefficient (Wildman–Crippen LogP) is 3.06. The van der Waals surface area contributed by atoms with Crippen molar-refractivity contribution in [2.24, 2.45) is 5.41 Å². The van der Waals surface area contributed by atoms with Crippen LogP contribution in [0.2, 0.25) is 0 Å². The summed E-state index contributed by atoms with van der Waals surface area (Å²) in [5.74, 6) is 0. The molecule has 0 heterocycles. The Balaban J connectivity index is 3.89. The van der Waals surface area contributed by atoms with E-state index in [4.69, 9.17) is 0 Å². The Morgan fingerprint density at radius 3 is 1.60 bits per heavy atom. The molecule has 0 aliphatic heterocycles. The quantitative estimate of drug-likeness (QED) is 0.547. The summed E-state index contributed by atoms with van der Waals surface area (Å²) in [6.45, 7) is 14.3. The maximum atomic E-state index is 2.48. The second-order valence-electron chi connectivity index (χ2n) is 5.26. The second kappa shape index (κ2) is 3.22. The van der Waals surface area contributed by atoms with Crippen molar-refractivity contribution < 1.29 is 0 Å². The van der Waals surface area contributed by atoms with E-state index in [-0.39, 0.29) is 0 Å². The van der Waals surface area contributed by atoms with Crippen molar-refractivity contribution in [1.82, 2.24) is 0 Å². The summed E-state index contributed by atoms with van der Waals surface area (Å²) in [6, 6.07) is 0. The van der Waals surface area contributed by atoms with Crippen LogP contribution < -0.4 is 0 Å². The van der Waals surface area contributed by atoms with Gasteiger partial charge in [-0.25, -0.2) is 0 Å². The van der Waals surface area contributed by atoms with Crippen LogP contribution in [0.5, 0.6) is 0 Å². The summed E-state index contributed by atoms with van der Waals surface area (Å²) in [5.41, 5.74) is 0.547. The van der Waals surface area contributed by atoms with E-state index in [2.05, 4.69) is 41.0 Å². The first-order valence-electron chi connectivity index (χ1n) is 4.27. The minimum absolute atomic E-state index is 0.547. The number of hydrogen-bond donors (Lipinski definition) is 0. The van der Waals surface area contributed by atoms with E-state index in [1.165, 1.54) is 12.3 Å². The third kappa shape index (κ3) is 5.23. The van der Waals surface area contributed by atoms with Gasteiger partial charge in [-0.3, -0.25) is 0 Å². The SMILES string of the molecule is CC[PH](C)(C)CC(C)(C)C. The van der Waals surface area contributed by atoms with Gasteiger partial charge in [0.1, 0.15) is 0 Å². The van der Waals surface area contributed by atoms with E-state index in [1.807, 2.05) is 0 Å². The summed E-state index contributed by atoms with van der Waals surface area (Å²) < 4.78 is 0. The van der Waals surface area contributed by atoms with Gasteiger partial charge in [-0.2, -0.15) is 0 Å². The van der Waals surface area contributed by atoms with Gasteiger partial charge >= 0.3 is 66.0 Å². The zero-order valence-corrected chi connectivity index (χ0v) is 9.41. The van der Waals surface area contributed by atoms with Crippen molar-refractivity contribution >= 4 is 7.26 Å². The molecule has 0 fully saturated rings. The van der Waals surface area contributed by atoms with Crippen molar-refractivity contribution in [3.8, 4) is 0 Å². The van der Waals surface area contributed by atoms with E-state index in [9.17, 15) is 0 Å². The molecule has 0 amide bonds. The van der Waals surface area contributed by atoms with E-state index in [0.29, 0.717) is 5.41 Å². The van der Waals surface area contributed by atoms with Crippen molar-refractivity contribution in [1.29, 1.82) is 0 Å². The molecule has 0 nitrogen and oxygen atoms in total. The van der Waals surface area contributed by atoms with Crippen molar-refractivity contribution in [3.05, 3.63) is 0 Å². The van der Waals surface area contributed by atoms with E-state index < -0.39 is 7.26 Å². The first-order valence-corrected chi connectivity index (χ1v) is 7.68. The van der Waals surface area contributed by atoms with E-state index in [1.54, 1.807) is 0 Å². The Kier molecular flexibility index (Phi) is 3.36. The molecular formula is C9H23P. The van der Waals surface area contributed by atoms with Gasteiger partial charge in [0.15, 0.2) is 0 Å². The molecule has 0 bridgehead atoms. The molecule has 0 saturated heterocycles. The normalized spacial score (nSPS) is 15.4. The molecule has 0 aromatic heterocycles. The van der Waals surface area contributed by atoms with Crippen LogP contribution in [0.4, 0.5) is 0 Å². The summed E-state index contributed by atoms with van der Waals surface area (Å²) in [7, 11) is -0.813. The molecule has 0 saturated carbocycles. The number of hydrogen-bond acceptors (Lipinski definition) is 0. The summed E-state index contributed by atoms with van der Waals surface area (Å²) in [4.78, 5) is 0. The number of rotatable bonds is 2. The minimum atomic E-state index is -0.813. The molecule has 0 atom stereocenters. The molecule has 0 N–H and O–H groups in total. The molecule has 0 aromatic rings. The van der Waals surface area contributed by atoms with Crippen LogP contribution in [0.15, 0.2) is 0 Å². The monoisotopic (exact) mass is 162 g/mol. The molecule has 0 radical (unpaired) electrons. The zero-order valence-electron chi connectivity index (χ0n) is 8.41. The Morgan fingerprint density at radius 1 is 1.10 bits per heavy atom. The van der Waals surface area contributed by atoms with Crippen LogP contribution in [0.25, 0.3) is 0 Å². The topological polar surface area (TPSA) is 0 Å². The van der Waals surface area contributed by atoms with E-state index >= 15 is 0 Å².